The van der Waals surface area contributed by atoms with Crippen LogP contribution in [-0.2, 0) is 0 Å². The van der Waals surface area contributed by atoms with Crippen LogP contribution >= 0.6 is 22.6 Å². The molecule has 6 heteroatoms. The number of rotatable bonds is 3. The Balaban J connectivity index is 1.79. The zero-order valence-corrected chi connectivity index (χ0v) is 15.7. The SMILES string of the molecule is COc1cc2c(cc1I)[C@H]1COc3cc(OC)c(OC)cc3[C@H]1O2. The fourth-order valence-electron chi connectivity index (χ4n) is 3.34. The lowest BCUT2D eigenvalue weighted by Gasteiger charge is -2.28. The second-order valence-electron chi connectivity index (χ2n) is 5.73. The molecule has 0 saturated heterocycles. The van der Waals surface area contributed by atoms with Gasteiger partial charge in [0.15, 0.2) is 11.5 Å². The van der Waals surface area contributed by atoms with Crippen molar-refractivity contribution < 1.29 is 23.7 Å². The monoisotopic (exact) mass is 440 g/mol. The molecule has 2 aromatic carbocycles. The predicted molar refractivity (Wildman–Crippen MR) is 96.9 cm³/mol. The van der Waals surface area contributed by atoms with Crippen molar-refractivity contribution in [1.29, 1.82) is 0 Å². The summed E-state index contributed by atoms with van der Waals surface area (Å²) in [5.41, 5.74) is 2.14. The minimum absolute atomic E-state index is 0.0912. The molecule has 2 aromatic rings. The summed E-state index contributed by atoms with van der Waals surface area (Å²) < 4.78 is 29.5. The van der Waals surface area contributed by atoms with Crippen molar-refractivity contribution in [2.45, 2.75) is 12.0 Å². The van der Waals surface area contributed by atoms with E-state index in [1.165, 1.54) is 0 Å². The molecule has 0 saturated carbocycles. The smallest absolute Gasteiger partial charge is 0.164 e. The normalized spacial score (nSPS) is 20.2. The van der Waals surface area contributed by atoms with Gasteiger partial charge in [-0.15, -0.1) is 0 Å². The van der Waals surface area contributed by atoms with Crippen LogP contribution < -0.4 is 23.7 Å². The number of hydrogen-bond donors (Lipinski definition) is 0. The molecule has 2 aliphatic heterocycles. The Morgan fingerprint density at radius 2 is 1.54 bits per heavy atom. The van der Waals surface area contributed by atoms with Crippen molar-refractivity contribution >= 4 is 22.6 Å². The van der Waals surface area contributed by atoms with Gasteiger partial charge in [-0.3, -0.25) is 0 Å². The van der Waals surface area contributed by atoms with E-state index in [-0.39, 0.29) is 12.0 Å². The number of benzene rings is 2. The van der Waals surface area contributed by atoms with Gasteiger partial charge in [0.05, 0.1) is 37.4 Å². The number of hydrogen-bond acceptors (Lipinski definition) is 5. The molecule has 0 aliphatic carbocycles. The summed E-state index contributed by atoms with van der Waals surface area (Å²) in [6.07, 6.45) is -0.0912. The lowest BCUT2D eigenvalue weighted by atomic mass is 9.89. The fraction of sp³-hybridized carbons (Fsp3) is 0.333. The molecule has 24 heavy (non-hydrogen) atoms. The number of ether oxygens (including phenoxy) is 5. The molecule has 2 aliphatic rings. The Bertz CT molecular complexity index is 804. The van der Waals surface area contributed by atoms with E-state index in [2.05, 4.69) is 28.7 Å². The largest absolute Gasteiger partial charge is 0.496 e. The molecule has 4 rings (SSSR count). The maximum absolute atomic E-state index is 6.25. The van der Waals surface area contributed by atoms with E-state index in [1.54, 1.807) is 21.3 Å². The zero-order valence-electron chi connectivity index (χ0n) is 13.6. The predicted octanol–water partition coefficient (Wildman–Crippen LogP) is 3.93. The summed E-state index contributed by atoms with van der Waals surface area (Å²) in [5, 5.41) is 0. The Morgan fingerprint density at radius 1 is 0.875 bits per heavy atom. The first-order chi connectivity index (χ1) is 11.7. The number of fused-ring (bicyclic) bond motifs is 5. The summed E-state index contributed by atoms with van der Waals surface area (Å²) in [7, 11) is 4.91. The molecule has 0 amide bonds. The van der Waals surface area contributed by atoms with Crippen LogP contribution in [0.1, 0.15) is 23.1 Å². The van der Waals surface area contributed by atoms with Crippen molar-refractivity contribution in [3.8, 4) is 28.7 Å². The minimum Gasteiger partial charge on any atom is -0.496 e. The van der Waals surface area contributed by atoms with Crippen LogP contribution in [0.15, 0.2) is 24.3 Å². The second-order valence-corrected chi connectivity index (χ2v) is 6.89. The topological polar surface area (TPSA) is 46.2 Å². The summed E-state index contributed by atoms with van der Waals surface area (Å²) in [6.45, 7) is 0.572. The highest BCUT2D eigenvalue weighted by atomic mass is 127. The van der Waals surface area contributed by atoms with Gasteiger partial charge in [0, 0.05) is 23.3 Å². The Labute approximate surface area is 153 Å². The van der Waals surface area contributed by atoms with Crippen LogP contribution in [0.25, 0.3) is 0 Å². The van der Waals surface area contributed by atoms with Gasteiger partial charge in [0.25, 0.3) is 0 Å². The Morgan fingerprint density at radius 3 is 2.25 bits per heavy atom. The summed E-state index contributed by atoms with van der Waals surface area (Å²) >= 11 is 2.28. The lowest BCUT2D eigenvalue weighted by molar-refractivity contribution is 0.138. The lowest BCUT2D eigenvalue weighted by Crippen LogP contribution is -2.23. The second kappa shape index (κ2) is 5.91. The highest BCUT2D eigenvalue weighted by Crippen LogP contribution is 2.54. The molecule has 0 radical (unpaired) electrons. The van der Waals surface area contributed by atoms with Gasteiger partial charge >= 0.3 is 0 Å². The molecule has 0 spiro atoms. The number of halogens is 1. The van der Waals surface area contributed by atoms with E-state index in [9.17, 15) is 0 Å². The minimum atomic E-state index is -0.0912. The molecule has 0 N–H and O–H groups in total. The van der Waals surface area contributed by atoms with Gasteiger partial charge in [0.2, 0.25) is 0 Å². The van der Waals surface area contributed by atoms with Gasteiger partial charge in [-0.25, -0.2) is 0 Å². The molecule has 0 aromatic heterocycles. The Hall–Kier alpha value is -1.83. The third-order valence-electron chi connectivity index (χ3n) is 4.54. The standard InChI is InChI=1S/C18H17IO5/c1-20-15-7-14-9(4-12(15)19)11-8-23-13-6-17(22-3)16(21-2)5-10(13)18(11)24-14/h4-7,11,18H,8H2,1-3H3/t11-,18-/m1/s1. The summed E-state index contributed by atoms with van der Waals surface area (Å²) in [6, 6.07) is 7.88. The van der Waals surface area contributed by atoms with Crippen molar-refractivity contribution in [3.05, 3.63) is 39.0 Å². The summed E-state index contributed by atoms with van der Waals surface area (Å²) in [5.74, 6) is 3.94. The van der Waals surface area contributed by atoms with E-state index >= 15 is 0 Å². The van der Waals surface area contributed by atoms with Crippen molar-refractivity contribution in [1.82, 2.24) is 0 Å². The maximum atomic E-state index is 6.25. The van der Waals surface area contributed by atoms with Crippen molar-refractivity contribution in [2.75, 3.05) is 27.9 Å². The van der Waals surface area contributed by atoms with E-state index in [0.717, 1.165) is 31.9 Å². The molecule has 0 bridgehead atoms. The average Bonchev–Trinajstić information content (AvgIpc) is 2.97. The zero-order chi connectivity index (χ0) is 16.8. The first kappa shape index (κ1) is 15.7. The quantitative estimate of drug-likeness (QED) is 0.678. The van der Waals surface area contributed by atoms with Gasteiger partial charge < -0.3 is 23.7 Å². The third-order valence-corrected chi connectivity index (χ3v) is 5.39. The maximum Gasteiger partial charge on any atom is 0.164 e. The molecular formula is C18H17IO5. The summed E-state index contributed by atoms with van der Waals surface area (Å²) in [4.78, 5) is 0. The van der Waals surface area contributed by atoms with Crippen LogP contribution in [0.4, 0.5) is 0 Å². The molecular weight excluding hydrogens is 423 g/mol. The fourth-order valence-corrected chi connectivity index (χ4v) is 4.05. The average molecular weight is 440 g/mol. The molecule has 2 atom stereocenters. The van der Waals surface area contributed by atoms with Gasteiger partial charge in [-0.1, -0.05) is 0 Å². The molecule has 5 nitrogen and oxygen atoms in total. The van der Waals surface area contributed by atoms with Crippen LogP contribution in [0.2, 0.25) is 0 Å². The van der Waals surface area contributed by atoms with Gasteiger partial charge in [-0.05, 0) is 34.7 Å². The first-order valence-corrected chi connectivity index (χ1v) is 8.67. The van der Waals surface area contributed by atoms with Crippen molar-refractivity contribution in [2.24, 2.45) is 0 Å². The third kappa shape index (κ3) is 2.27. The van der Waals surface area contributed by atoms with Crippen LogP contribution in [0, 0.1) is 3.57 Å². The highest BCUT2D eigenvalue weighted by Gasteiger charge is 2.42. The van der Waals surface area contributed by atoms with Crippen LogP contribution in [0.5, 0.6) is 28.7 Å². The Kier molecular flexibility index (Phi) is 3.86. The molecule has 2 heterocycles. The van der Waals surface area contributed by atoms with Gasteiger partial charge in [0.1, 0.15) is 23.4 Å². The highest BCUT2D eigenvalue weighted by molar-refractivity contribution is 14.1. The molecule has 126 valence electrons. The van der Waals surface area contributed by atoms with E-state index in [4.69, 9.17) is 23.7 Å². The van der Waals surface area contributed by atoms with E-state index in [1.807, 2.05) is 18.2 Å². The van der Waals surface area contributed by atoms with Crippen LogP contribution in [0.3, 0.4) is 0 Å². The van der Waals surface area contributed by atoms with Crippen molar-refractivity contribution in [3.63, 3.8) is 0 Å². The van der Waals surface area contributed by atoms with Crippen LogP contribution in [-0.4, -0.2) is 27.9 Å². The molecule has 0 unspecified atom stereocenters. The molecule has 0 fully saturated rings. The van der Waals surface area contributed by atoms with E-state index < -0.39 is 0 Å². The van der Waals surface area contributed by atoms with Gasteiger partial charge in [-0.2, -0.15) is 0 Å². The van der Waals surface area contributed by atoms with E-state index in [0.29, 0.717) is 18.1 Å². The first-order valence-electron chi connectivity index (χ1n) is 7.59. The number of methoxy groups -OCH3 is 3.